The van der Waals surface area contributed by atoms with Crippen LogP contribution in [0.2, 0.25) is 0 Å². The lowest BCUT2D eigenvalue weighted by atomic mass is 10.2. The molecule has 0 aliphatic heterocycles. The van der Waals surface area contributed by atoms with Crippen molar-refractivity contribution in [3.05, 3.63) is 82.9 Å². The van der Waals surface area contributed by atoms with Gasteiger partial charge < -0.3 is 4.74 Å². The smallest absolute Gasteiger partial charge is 0.191 e. The van der Waals surface area contributed by atoms with E-state index < -0.39 is 0 Å². The molecule has 0 aliphatic rings. The number of aromatic nitrogens is 3. The Bertz CT molecular complexity index is 883. The number of benzene rings is 2. The molecule has 2 aromatic carbocycles. The van der Waals surface area contributed by atoms with Crippen molar-refractivity contribution in [3.63, 3.8) is 0 Å². The van der Waals surface area contributed by atoms with Crippen LogP contribution in [-0.2, 0) is 18.9 Å². The van der Waals surface area contributed by atoms with Crippen molar-refractivity contribution in [2.45, 2.75) is 24.1 Å². The zero-order valence-corrected chi connectivity index (χ0v) is 16.3. The molecule has 7 heteroatoms. The molecule has 0 bridgehead atoms. The molecule has 0 saturated carbocycles. The number of hydrogen-bond acceptors (Lipinski definition) is 4. The molecule has 0 aliphatic carbocycles. The third-order valence-electron chi connectivity index (χ3n) is 3.60. The molecule has 0 unspecified atom stereocenters. The highest BCUT2D eigenvalue weighted by Crippen LogP contribution is 2.24. The Morgan fingerprint density at radius 2 is 1.92 bits per heavy atom. The number of thioether (sulfide) groups is 1. The first-order valence-electron chi connectivity index (χ1n) is 7.95. The average molecular weight is 434 g/mol. The molecule has 3 rings (SSSR count). The fourth-order valence-electron chi connectivity index (χ4n) is 2.28. The topological polar surface area (TPSA) is 39.9 Å². The van der Waals surface area contributed by atoms with Crippen molar-refractivity contribution >= 4 is 27.7 Å². The van der Waals surface area contributed by atoms with E-state index in [-0.39, 0.29) is 5.82 Å². The summed E-state index contributed by atoms with van der Waals surface area (Å²) in [5.41, 5.74) is 0.637. The summed E-state index contributed by atoms with van der Waals surface area (Å²) in [5.74, 6) is 1.72. The van der Waals surface area contributed by atoms with Crippen LogP contribution >= 0.6 is 27.7 Å². The summed E-state index contributed by atoms with van der Waals surface area (Å²) < 4.78 is 22.5. The maximum Gasteiger partial charge on any atom is 0.191 e. The van der Waals surface area contributed by atoms with Gasteiger partial charge in [-0.1, -0.05) is 52.0 Å². The summed E-state index contributed by atoms with van der Waals surface area (Å²) in [5, 5.41) is 9.15. The molecule has 0 spiro atoms. The lowest BCUT2D eigenvalue weighted by Gasteiger charge is -2.09. The Hall–Kier alpha value is -2.12. The van der Waals surface area contributed by atoms with Crippen LogP contribution in [0.1, 0.15) is 11.4 Å². The predicted molar refractivity (Wildman–Crippen MR) is 105 cm³/mol. The Kier molecular flexibility index (Phi) is 6.46. The summed E-state index contributed by atoms with van der Waals surface area (Å²) in [6.07, 6.45) is 1.78. The highest BCUT2D eigenvalue weighted by atomic mass is 79.9. The van der Waals surface area contributed by atoms with E-state index >= 15 is 0 Å². The minimum Gasteiger partial charge on any atom is -0.486 e. The number of allylic oxidation sites excluding steroid dienone is 1. The maximum absolute atomic E-state index is 13.8. The zero-order chi connectivity index (χ0) is 18.4. The molecule has 0 saturated heterocycles. The molecule has 134 valence electrons. The Morgan fingerprint density at radius 3 is 2.65 bits per heavy atom. The van der Waals surface area contributed by atoms with Gasteiger partial charge in [-0.15, -0.1) is 16.8 Å². The molecule has 1 aromatic heterocycles. The Labute approximate surface area is 164 Å². The van der Waals surface area contributed by atoms with Gasteiger partial charge in [0.15, 0.2) is 11.0 Å². The van der Waals surface area contributed by atoms with Crippen molar-refractivity contribution < 1.29 is 9.13 Å². The second-order valence-electron chi connectivity index (χ2n) is 5.42. The quantitative estimate of drug-likeness (QED) is 0.359. The van der Waals surface area contributed by atoms with E-state index in [1.807, 2.05) is 34.9 Å². The van der Waals surface area contributed by atoms with Crippen LogP contribution in [0.15, 0.2) is 70.8 Å². The standard InChI is InChI=1S/C19H17BrFN3OS/c1-2-11-24-18(12-25-16-9-7-15(20)8-10-16)22-23-19(24)26-13-14-5-3-4-6-17(14)21/h2-10H,1,11-13H2. The number of rotatable bonds is 8. The number of nitrogens with zero attached hydrogens (tertiary/aromatic N) is 3. The molecule has 3 aromatic rings. The first kappa shape index (κ1) is 18.7. The molecule has 1 heterocycles. The molecule has 4 nitrogen and oxygen atoms in total. The van der Waals surface area contributed by atoms with Crippen LogP contribution in [0.25, 0.3) is 0 Å². The van der Waals surface area contributed by atoms with Crippen molar-refractivity contribution in [1.29, 1.82) is 0 Å². The third kappa shape index (κ3) is 4.74. The van der Waals surface area contributed by atoms with Crippen LogP contribution in [0.3, 0.4) is 0 Å². The van der Waals surface area contributed by atoms with Gasteiger partial charge in [-0.05, 0) is 35.9 Å². The van der Waals surface area contributed by atoms with Crippen LogP contribution in [-0.4, -0.2) is 14.8 Å². The fourth-order valence-corrected chi connectivity index (χ4v) is 3.50. The minimum absolute atomic E-state index is 0.214. The Balaban J connectivity index is 1.70. The van der Waals surface area contributed by atoms with Crippen molar-refractivity contribution in [2.75, 3.05) is 0 Å². The van der Waals surface area contributed by atoms with Gasteiger partial charge in [-0.2, -0.15) is 0 Å². The fraction of sp³-hybridized carbons (Fsp3) is 0.158. The summed E-state index contributed by atoms with van der Waals surface area (Å²) in [6.45, 7) is 4.64. The van der Waals surface area contributed by atoms with E-state index in [1.54, 1.807) is 18.2 Å². The predicted octanol–water partition coefficient (Wildman–Crippen LogP) is 5.24. The van der Waals surface area contributed by atoms with Gasteiger partial charge in [0, 0.05) is 16.8 Å². The van der Waals surface area contributed by atoms with Crippen molar-refractivity contribution in [1.82, 2.24) is 14.8 Å². The normalized spacial score (nSPS) is 10.7. The molecule has 0 fully saturated rings. The molecular formula is C19H17BrFN3OS. The van der Waals surface area contributed by atoms with E-state index in [9.17, 15) is 4.39 Å². The van der Waals surface area contributed by atoms with Crippen molar-refractivity contribution in [2.24, 2.45) is 0 Å². The van der Waals surface area contributed by atoms with Gasteiger partial charge in [0.2, 0.25) is 0 Å². The van der Waals surface area contributed by atoms with Crippen LogP contribution in [0, 0.1) is 5.82 Å². The maximum atomic E-state index is 13.8. The summed E-state index contributed by atoms with van der Waals surface area (Å²) in [7, 11) is 0. The molecule has 0 amide bonds. The van der Waals surface area contributed by atoms with Gasteiger partial charge >= 0.3 is 0 Å². The number of halogens is 2. The summed E-state index contributed by atoms with van der Waals surface area (Å²) in [6, 6.07) is 14.3. The molecular weight excluding hydrogens is 417 g/mol. The van der Waals surface area contributed by atoms with Gasteiger partial charge in [-0.3, -0.25) is 4.57 Å². The van der Waals surface area contributed by atoms with Crippen LogP contribution in [0.5, 0.6) is 5.75 Å². The van der Waals surface area contributed by atoms with E-state index in [0.717, 1.165) is 10.2 Å². The van der Waals surface area contributed by atoms with Gasteiger partial charge in [0.25, 0.3) is 0 Å². The molecule has 26 heavy (non-hydrogen) atoms. The van der Waals surface area contributed by atoms with Gasteiger partial charge in [0.1, 0.15) is 18.2 Å². The highest BCUT2D eigenvalue weighted by Gasteiger charge is 2.13. The minimum atomic E-state index is -0.214. The van der Waals surface area contributed by atoms with Crippen molar-refractivity contribution in [3.8, 4) is 5.75 Å². The lowest BCUT2D eigenvalue weighted by Crippen LogP contribution is -2.07. The summed E-state index contributed by atoms with van der Waals surface area (Å²) >= 11 is 4.83. The van der Waals surface area contributed by atoms with E-state index in [4.69, 9.17) is 4.74 Å². The van der Waals surface area contributed by atoms with E-state index in [0.29, 0.717) is 35.4 Å². The van der Waals surface area contributed by atoms with Crippen LogP contribution < -0.4 is 4.74 Å². The highest BCUT2D eigenvalue weighted by molar-refractivity contribution is 9.10. The van der Waals surface area contributed by atoms with Gasteiger partial charge in [0.05, 0.1) is 0 Å². The Morgan fingerprint density at radius 1 is 1.15 bits per heavy atom. The largest absolute Gasteiger partial charge is 0.486 e. The third-order valence-corrected chi connectivity index (χ3v) is 5.15. The molecule has 0 radical (unpaired) electrons. The second-order valence-corrected chi connectivity index (χ2v) is 7.28. The van der Waals surface area contributed by atoms with E-state index in [2.05, 4.69) is 32.7 Å². The number of ether oxygens (including phenoxy) is 1. The zero-order valence-electron chi connectivity index (χ0n) is 13.9. The molecule has 0 atom stereocenters. The lowest BCUT2D eigenvalue weighted by molar-refractivity contribution is 0.289. The number of hydrogen-bond donors (Lipinski definition) is 0. The van der Waals surface area contributed by atoms with E-state index in [1.165, 1.54) is 17.8 Å². The second kappa shape index (κ2) is 9.00. The first-order chi connectivity index (χ1) is 12.7. The van der Waals surface area contributed by atoms with Gasteiger partial charge in [-0.25, -0.2) is 4.39 Å². The monoisotopic (exact) mass is 433 g/mol. The average Bonchev–Trinajstić information content (AvgIpc) is 3.03. The first-order valence-corrected chi connectivity index (χ1v) is 9.73. The SMILES string of the molecule is C=CCn1c(COc2ccc(Br)cc2)nnc1SCc1ccccc1F. The summed E-state index contributed by atoms with van der Waals surface area (Å²) in [4.78, 5) is 0. The van der Waals surface area contributed by atoms with Crippen LogP contribution in [0.4, 0.5) is 4.39 Å². The molecule has 0 N–H and O–H groups in total.